The van der Waals surface area contributed by atoms with Crippen molar-refractivity contribution in [3.05, 3.63) is 22.3 Å². The van der Waals surface area contributed by atoms with Gasteiger partial charge in [0.2, 0.25) is 0 Å². The summed E-state index contributed by atoms with van der Waals surface area (Å²) in [5.41, 5.74) is 3.24. The molecule has 0 N–H and O–H groups in total. The van der Waals surface area contributed by atoms with Gasteiger partial charge in [-0.25, -0.2) is 9.59 Å². The van der Waals surface area contributed by atoms with Crippen LogP contribution < -0.4 is 0 Å². The lowest BCUT2D eigenvalue weighted by atomic mass is 9.87. The molecule has 4 nitrogen and oxygen atoms in total. The molecule has 0 heterocycles. The van der Waals surface area contributed by atoms with Crippen molar-refractivity contribution in [1.82, 2.24) is 0 Å². The number of hydrogen-bond donors (Lipinski definition) is 0. The molecule has 1 aliphatic rings. The number of rotatable bonds is 10. The summed E-state index contributed by atoms with van der Waals surface area (Å²) < 4.78 is 10.7. The zero-order valence-corrected chi connectivity index (χ0v) is 15.7. The number of hydrogen-bond acceptors (Lipinski definition) is 4. The second-order valence-corrected chi connectivity index (χ2v) is 6.56. The number of carbonyl (C=O) groups excluding carboxylic acids is 2. The molecule has 1 aliphatic carbocycles. The topological polar surface area (TPSA) is 52.6 Å². The van der Waals surface area contributed by atoms with Crippen molar-refractivity contribution in [1.29, 1.82) is 0 Å². The molecule has 24 heavy (non-hydrogen) atoms. The van der Waals surface area contributed by atoms with Gasteiger partial charge < -0.3 is 9.47 Å². The molecular weight excluding hydrogens is 304 g/mol. The SMILES string of the molecule is CCCCCOC(=O)C1=C(C(=O)OCCCCC)CC(C)=C(C)C1. The maximum absolute atomic E-state index is 12.4. The van der Waals surface area contributed by atoms with Gasteiger partial charge in [-0.15, -0.1) is 0 Å². The summed E-state index contributed by atoms with van der Waals surface area (Å²) in [6.07, 6.45) is 6.93. The van der Waals surface area contributed by atoms with E-state index in [2.05, 4.69) is 13.8 Å². The second kappa shape index (κ2) is 11.1. The van der Waals surface area contributed by atoms with Crippen LogP contribution in [0.15, 0.2) is 22.3 Å². The third kappa shape index (κ3) is 6.50. The maximum atomic E-state index is 12.4. The average molecular weight is 336 g/mol. The van der Waals surface area contributed by atoms with E-state index in [1.165, 1.54) is 0 Å². The Labute approximate surface area is 146 Å². The molecule has 0 amide bonds. The van der Waals surface area contributed by atoms with Crippen LogP contribution >= 0.6 is 0 Å². The molecule has 0 radical (unpaired) electrons. The van der Waals surface area contributed by atoms with Gasteiger partial charge in [-0.2, -0.15) is 0 Å². The van der Waals surface area contributed by atoms with Crippen LogP contribution in [0.2, 0.25) is 0 Å². The van der Waals surface area contributed by atoms with Gasteiger partial charge in [-0.3, -0.25) is 0 Å². The van der Waals surface area contributed by atoms with E-state index in [4.69, 9.17) is 9.47 Å². The summed E-state index contributed by atoms with van der Waals surface area (Å²) in [6.45, 7) is 9.05. The Morgan fingerprint density at radius 2 is 1.12 bits per heavy atom. The molecule has 1 rings (SSSR count). The summed E-state index contributed by atoms with van der Waals surface area (Å²) in [7, 11) is 0. The van der Waals surface area contributed by atoms with Crippen molar-refractivity contribution >= 4 is 11.9 Å². The van der Waals surface area contributed by atoms with Crippen molar-refractivity contribution in [3.8, 4) is 0 Å². The van der Waals surface area contributed by atoms with Gasteiger partial charge >= 0.3 is 11.9 Å². The van der Waals surface area contributed by atoms with Gasteiger partial charge in [0.15, 0.2) is 0 Å². The van der Waals surface area contributed by atoms with E-state index in [0.717, 1.165) is 49.7 Å². The van der Waals surface area contributed by atoms with Crippen molar-refractivity contribution < 1.29 is 19.1 Å². The first kappa shape index (κ1) is 20.5. The fourth-order valence-electron chi connectivity index (χ4n) is 2.64. The smallest absolute Gasteiger partial charge is 0.334 e. The Balaban J connectivity index is 2.74. The van der Waals surface area contributed by atoms with Crippen molar-refractivity contribution in [3.63, 3.8) is 0 Å². The van der Waals surface area contributed by atoms with E-state index in [1.807, 2.05) is 13.8 Å². The van der Waals surface area contributed by atoms with Crippen molar-refractivity contribution in [2.24, 2.45) is 0 Å². The van der Waals surface area contributed by atoms with E-state index in [1.54, 1.807) is 0 Å². The maximum Gasteiger partial charge on any atom is 0.334 e. The van der Waals surface area contributed by atoms with E-state index < -0.39 is 0 Å². The summed E-state index contributed by atoms with van der Waals surface area (Å²) in [5, 5.41) is 0. The summed E-state index contributed by atoms with van der Waals surface area (Å²) >= 11 is 0. The molecule has 0 saturated carbocycles. The third-order valence-electron chi connectivity index (χ3n) is 4.43. The van der Waals surface area contributed by atoms with Crippen LogP contribution in [-0.4, -0.2) is 25.2 Å². The van der Waals surface area contributed by atoms with Gasteiger partial charge in [0.05, 0.1) is 24.4 Å². The molecule has 4 heteroatoms. The standard InChI is InChI=1S/C20H32O4/c1-5-7-9-11-23-19(21)17-13-15(3)16(4)14-18(17)20(22)24-12-10-8-6-2/h5-14H2,1-4H3. The minimum atomic E-state index is -0.363. The fraction of sp³-hybridized carbons (Fsp3) is 0.700. The number of ether oxygens (including phenoxy) is 2. The van der Waals surface area contributed by atoms with Crippen LogP contribution in [-0.2, 0) is 19.1 Å². The zero-order chi connectivity index (χ0) is 17.9. The largest absolute Gasteiger partial charge is 0.462 e. The molecule has 0 atom stereocenters. The van der Waals surface area contributed by atoms with E-state index in [0.29, 0.717) is 37.2 Å². The Kier molecular flexibility index (Phi) is 9.43. The van der Waals surface area contributed by atoms with Gasteiger partial charge in [0.1, 0.15) is 0 Å². The summed E-state index contributed by atoms with van der Waals surface area (Å²) in [5.74, 6) is -0.725. The van der Waals surface area contributed by atoms with Crippen LogP contribution in [0.4, 0.5) is 0 Å². The number of allylic oxidation sites excluding steroid dienone is 2. The minimum Gasteiger partial charge on any atom is -0.462 e. The Morgan fingerprint density at radius 1 is 0.750 bits per heavy atom. The number of carbonyl (C=O) groups is 2. The predicted molar refractivity (Wildman–Crippen MR) is 95.6 cm³/mol. The van der Waals surface area contributed by atoms with Gasteiger partial charge in [0.25, 0.3) is 0 Å². The van der Waals surface area contributed by atoms with Gasteiger partial charge in [-0.1, -0.05) is 50.7 Å². The molecule has 136 valence electrons. The Bertz CT molecular complexity index is 456. The Morgan fingerprint density at radius 3 is 1.46 bits per heavy atom. The highest BCUT2D eigenvalue weighted by molar-refractivity contribution is 6.01. The third-order valence-corrected chi connectivity index (χ3v) is 4.43. The van der Waals surface area contributed by atoms with Crippen molar-refractivity contribution in [2.75, 3.05) is 13.2 Å². The lowest BCUT2D eigenvalue weighted by Gasteiger charge is -2.21. The molecule has 0 fully saturated rings. The molecule has 0 aromatic rings. The fourth-order valence-corrected chi connectivity index (χ4v) is 2.64. The van der Waals surface area contributed by atoms with E-state index in [9.17, 15) is 9.59 Å². The lowest BCUT2D eigenvalue weighted by Crippen LogP contribution is -2.21. The monoisotopic (exact) mass is 336 g/mol. The van der Waals surface area contributed by atoms with Gasteiger partial charge in [0, 0.05) is 12.8 Å². The lowest BCUT2D eigenvalue weighted by molar-refractivity contribution is -0.142. The summed E-state index contributed by atoms with van der Waals surface area (Å²) in [6, 6.07) is 0. The van der Waals surface area contributed by atoms with Crippen molar-refractivity contribution in [2.45, 2.75) is 79.1 Å². The molecule has 0 unspecified atom stereocenters. The van der Waals surface area contributed by atoms with Crippen LogP contribution in [0.5, 0.6) is 0 Å². The number of esters is 2. The molecule has 0 aromatic heterocycles. The molecule has 0 spiro atoms. The first-order valence-corrected chi connectivity index (χ1v) is 9.22. The molecule has 0 aliphatic heterocycles. The quantitative estimate of drug-likeness (QED) is 0.324. The first-order chi connectivity index (χ1) is 11.5. The second-order valence-electron chi connectivity index (χ2n) is 6.56. The first-order valence-electron chi connectivity index (χ1n) is 9.22. The molecule has 0 bridgehead atoms. The normalized spacial score (nSPS) is 14.8. The highest BCUT2D eigenvalue weighted by Crippen LogP contribution is 2.31. The molecular formula is C20H32O4. The average Bonchev–Trinajstić information content (AvgIpc) is 2.57. The molecule has 0 aromatic carbocycles. The summed E-state index contributed by atoms with van der Waals surface area (Å²) in [4.78, 5) is 24.8. The van der Waals surface area contributed by atoms with Crippen LogP contribution in [0.25, 0.3) is 0 Å². The van der Waals surface area contributed by atoms with Crippen LogP contribution in [0.1, 0.15) is 79.1 Å². The molecule has 0 saturated heterocycles. The highest BCUT2D eigenvalue weighted by Gasteiger charge is 2.27. The van der Waals surface area contributed by atoms with Crippen LogP contribution in [0, 0.1) is 0 Å². The minimum absolute atomic E-state index is 0.363. The van der Waals surface area contributed by atoms with Gasteiger partial charge in [-0.05, 0) is 26.7 Å². The highest BCUT2D eigenvalue weighted by atomic mass is 16.5. The Hall–Kier alpha value is -1.58. The predicted octanol–water partition coefficient (Wildman–Crippen LogP) is 4.88. The number of unbranched alkanes of at least 4 members (excludes halogenated alkanes) is 4. The van der Waals surface area contributed by atoms with Crippen LogP contribution in [0.3, 0.4) is 0 Å². The van der Waals surface area contributed by atoms with E-state index in [-0.39, 0.29) is 11.9 Å². The zero-order valence-electron chi connectivity index (χ0n) is 15.7. The van der Waals surface area contributed by atoms with E-state index >= 15 is 0 Å².